The van der Waals surface area contributed by atoms with Gasteiger partial charge in [0.25, 0.3) is 0 Å². The highest BCUT2D eigenvalue weighted by molar-refractivity contribution is 5.88. The maximum atomic E-state index is 13.1. The van der Waals surface area contributed by atoms with Crippen LogP contribution in [0.15, 0.2) is 48.5 Å². The SMILES string of the molecule is COC[C@H](NC(=O)C1(CNC(=O)OCC2c3ccccc3-c3ccccc32)CCCOC1)C(=O)O. The number of aliphatic carboxylic acids is 1. The lowest BCUT2D eigenvalue weighted by atomic mass is 9.81. The first-order valence-corrected chi connectivity index (χ1v) is 11.6. The molecule has 1 unspecified atom stereocenters. The van der Waals surface area contributed by atoms with Gasteiger partial charge < -0.3 is 30.0 Å². The maximum Gasteiger partial charge on any atom is 0.407 e. The third-order valence-corrected chi connectivity index (χ3v) is 6.66. The van der Waals surface area contributed by atoms with Crippen LogP contribution in [0, 0.1) is 5.41 Å². The molecule has 0 bridgehead atoms. The fraction of sp³-hybridized carbons (Fsp3) is 0.423. The van der Waals surface area contributed by atoms with Gasteiger partial charge in [-0.15, -0.1) is 0 Å². The molecule has 0 saturated carbocycles. The molecular weight excluding hydrogens is 452 g/mol. The first-order chi connectivity index (χ1) is 16.9. The van der Waals surface area contributed by atoms with Crippen LogP contribution < -0.4 is 10.6 Å². The van der Waals surface area contributed by atoms with Gasteiger partial charge in [0, 0.05) is 26.2 Å². The molecule has 1 aliphatic heterocycles. The summed E-state index contributed by atoms with van der Waals surface area (Å²) in [5, 5.41) is 14.6. The minimum absolute atomic E-state index is 0.0329. The number of alkyl carbamates (subject to hydrolysis) is 1. The second-order valence-electron chi connectivity index (χ2n) is 8.94. The van der Waals surface area contributed by atoms with Crippen LogP contribution in [0.4, 0.5) is 4.79 Å². The number of amides is 2. The molecule has 2 amide bonds. The molecule has 35 heavy (non-hydrogen) atoms. The van der Waals surface area contributed by atoms with Crippen molar-refractivity contribution >= 4 is 18.0 Å². The van der Waals surface area contributed by atoms with Crippen molar-refractivity contribution in [2.75, 3.05) is 40.1 Å². The lowest BCUT2D eigenvalue weighted by Crippen LogP contribution is -2.56. The van der Waals surface area contributed by atoms with E-state index in [1.807, 2.05) is 36.4 Å². The Morgan fingerprint density at radius 2 is 1.77 bits per heavy atom. The Labute approximate surface area is 203 Å². The van der Waals surface area contributed by atoms with Gasteiger partial charge in [0.1, 0.15) is 6.61 Å². The second kappa shape index (κ2) is 10.9. The number of hydrogen-bond donors (Lipinski definition) is 3. The molecule has 4 rings (SSSR count). The fourth-order valence-corrected chi connectivity index (χ4v) is 4.79. The van der Waals surface area contributed by atoms with E-state index in [9.17, 15) is 19.5 Å². The number of ether oxygens (including phenoxy) is 3. The van der Waals surface area contributed by atoms with Gasteiger partial charge in [0.15, 0.2) is 6.04 Å². The molecular formula is C26H30N2O7. The highest BCUT2D eigenvalue weighted by atomic mass is 16.5. The number of hydrogen-bond acceptors (Lipinski definition) is 6. The Kier molecular flexibility index (Phi) is 7.67. The normalized spacial score (nSPS) is 19.8. The number of carbonyl (C=O) groups excluding carboxylic acids is 2. The number of nitrogens with one attached hydrogen (secondary N) is 2. The molecule has 1 heterocycles. The van der Waals surface area contributed by atoms with Gasteiger partial charge in [-0.25, -0.2) is 9.59 Å². The van der Waals surface area contributed by atoms with Crippen molar-refractivity contribution in [2.24, 2.45) is 5.41 Å². The topological polar surface area (TPSA) is 123 Å². The molecule has 9 nitrogen and oxygen atoms in total. The number of carboxylic acids is 1. The Morgan fingerprint density at radius 3 is 2.34 bits per heavy atom. The van der Waals surface area contributed by atoms with Crippen LogP contribution in [0.2, 0.25) is 0 Å². The minimum Gasteiger partial charge on any atom is -0.480 e. The van der Waals surface area contributed by atoms with E-state index in [0.29, 0.717) is 19.4 Å². The van der Waals surface area contributed by atoms with Crippen molar-refractivity contribution < 1.29 is 33.7 Å². The quantitative estimate of drug-likeness (QED) is 0.502. The van der Waals surface area contributed by atoms with Crippen molar-refractivity contribution in [2.45, 2.75) is 24.8 Å². The molecule has 186 valence electrons. The molecule has 2 aromatic carbocycles. The van der Waals surface area contributed by atoms with E-state index in [1.54, 1.807) is 0 Å². The van der Waals surface area contributed by atoms with Crippen LogP contribution >= 0.6 is 0 Å². The molecule has 2 aromatic rings. The molecule has 3 N–H and O–H groups in total. The molecule has 1 saturated heterocycles. The van der Waals surface area contributed by atoms with Crippen LogP contribution in [0.1, 0.15) is 29.9 Å². The predicted octanol–water partition coefficient (Wildman–Crippen LogP) is 2.54. The summed E-state index contributed by atoms with van der Waals surface area (Å²) in [4.78, 5) is 37.2. The molecule has 2 aliphatic rings. The van der Waals surface area contributed by atoms with E-state index in [-0.39, 0.29) is 32.3 Å². The monoisotopic (exact) mass is 482 g/mol. The summed E-state index contributed by atoms with van der Waals surface area (Å²) in [6.45, 7) is 0.527. The molecule has 2 atom stereocenters. The number of methoxy groups -OCH3 is 1. The first-order valence-electron chi connectivity index (χ1n) is 11.6. The van der Waals surface area contributed by atoms with Gasteiger partial charge in [-0.3, -0.25) is 4.79 Å². The largest absolute Gasteiger partial charge is 0.480 e. The molecule has 1 aliphatic carbocycles. The van der Waals surface area contributed by atoms with Gasteiger partial charge in [0.05, 0.1) is 18.6 Å². The smallest absolute Gasteiger partial charge is 0.407 e. The van der Waals surface area contributed by atoms with Gasteiger partial charge in [-0.2, -0.15) is 0 Å². The summed E-state index contributed by atoms with van der Waals surface area (Å²) in [6, 6.07) is 14.9. The van der Waals surface area contributed by atoms with Crippen molar-refractivity contribution in [1.29, 1.82) is 0 Å². The van der Waals surface area contributed by atoms with Crippen molar-refractivity contribution in [1.82, 2.24) is 10.6 Å². The van der Waals surface area contributed by atoms with E-state index in [1.165, 1.54) is 7.11 Å². The van der Waals surface area contributed by atoms with Crippen LogP contribution in [-0.2, 0) is 23.8 Å². The number of benzene rings is 2. The average Bonchev–Trinajstić information content (AvgIpc) is 3.20. The predicted molar refractivity (Wildman–Crippen MR) is 127 cm³/mol. The standard InChI is InChI=1S/C26H30N2O7/c1-33-14-22(23(29)30)28-24(31)26(11-6-12-34-16-26)15-27-25(32)35-13-21-19-9-4-2-7-17(19)18-8-3-5-10-20(18)21/h2-5,7-10,21-22H,6,11-16H2,1H3,(H,27,32)(H,28,31)(H,29,30)/t22-,26?/m0/s1. The van der Waals surface area contributed by atoms with Crippen molar-refractivity contribution in [3.63, 3.8) is 0 Å². The summed E-state index contributed by atoms with van der Waals surface area (Å²) in [7, 11) is 1.36. The van der Waals surface area contributed by atoms with Gasteiger partial charge in [-0.1, -0.05) is 48.5 Å². The summed E-state index contributed by atoms with van der Waals surface area (Å²) in [6.07, 6.45) is 0.417. The molecule has 0 spiro atoms. The summed E-state index contributed by atoms with van der Waals surface area (Å²) < 4.78 is 16.0. The number of carbonyl (C=O) groups is 3. The van der Waals surface area contributed by atoms with Crippen LogP contribution in [0.5, 0.6) is 0 Å². The van der Waals surface area contributed by atoms with Gasteiger partial charge in [0.2, 0.25) is 5.91 Å². The third-order valence-electron chi connectivity index (χ3n) is 6.66. The summed E-state index contributed by atoms with van der Waals surface area (Å²) in [5.74, 6) is -1.77. The zero-order valence-corrected chi connectivity index (χ0v) is 19.6. The second-order valence-corrected chi connectivity index (χ2v) is 8.94. The molecule has 1 fully saturated rings. The Balaban J connectivity index is 1.39. The fourth-order valence-electron chi connectivity index (χ4n) is 4.79. The Morgan fingerprint density at radius 1 is 1.11 bits per heavy atom. The number of rotatable bonds is 9. The molecule has 0 radical (unpaired) electrons. The maximum absolute atomic E-state index is 13.1. The van der Waals surface area contributed by atoms with E-state index in [4.69, 9.17) is 14.2 Å². The minimum atomic E-state index is -1.20. The van der Waals surface area contributed by atoms with E-state index in [2.05, 4.69) is 22.8 Å². The third kappa shape index (κ3) is 5.31. The van der Waals surface area contributed by atoms with Crippen LogP contribution in [0.3, 0.4) is 0 Å². The number of fused-ring (bicyclic) bond motifs is 3. The van der Waals surface area contributed by atoms with Crippen LogP contribution in [0.25, 0.3) is 11.1 Å². The zero-order valence-electron chi connectivity index (χ0n) is 19.6. The van der Waals surface area contributed by atoms with E-state index >= 15 is 0 Å². The van der Waals surface area contributed by atoms with E-state index < -0.39 is 29.4 Å². The van der Waals surface area contributed by atoms with Crippen LogP contribution in [-0.4, -0.2) is 69.2 Å². The Bertz CT molecular complexity index is 1040. The lowest BCUT2D eigenvalue weighted by Gasteiger charge is -2.36. The average molecular weight is 483 g/mol. The summed E-state index contributed by atoms with van der Waals surface area (Å²) >= 11 is 0. The lowest BCUT2D eigenvalue weighted by molar-refractivity contribution is -0.148. The van der Waals surface area contributed by atoms with E-state index in [0.717, 1.165) is 22.3 Å². The number of carboxylic acid groups (broad SMARTS) is 1. The Hall–Kier alpha value is -3.43. The van der Waals surface area contributed by atoms with Gasteiger partial charge in [-0.05, 0) is 35.1 Å². The first kappa shape index (κ1) is 24.7. The van der Waals surface area contributed by atoms with Crippen molar-refractivity contribution in [3.05, 3.63) is 59.7 Å². The highest BCUT2D eigenvalue weighted by Crippen LogP contribution is 2.44. The van der Waals surface area contributed by atoms with Gasteiger partial charge >= 0.3 is 12.1 Å². The summed E-state index contributed by atoms with van der Waals surface area (Å²) in [5.41, 5.74) is 3.39. The molecule has 0 aromatic heterocycles. The molecule has 9 heteroatoms. The van der Waals surface area contributed by atoms with Crippen molar-refractivity contribution in [3.8, 4) is 11.1 Å². The highest BCUT2D eigenvalue weighted by Gasteiger charge is 2.42. The zero-order chi connectivity index (χ0) is 24.8.